The van der Waals surface area contributed by atoms with Crippen LogP contribution < -0.4 is 33.3 Å². The fraction of sp³-hybridized carbons (Fsp3) is 0.526. The molecule has 1 aliphatic rings. The standard InChI is InChI=1S/C19H31BN6O5/c21-7-9-26(10-8-22)18(28)6-5-15(23)19(29)25-12-17(27)24-11-16-13-3-1-2-4-14(13)20(30)31-16/h1-4,15-16,30H,5-12,21-23H2,(H,24,27)(H,25,29). The molecule has 0 spiro atoms. The van der Waals surface area contributed by atoms with Crippen molar-refractivity contribution in [3.63, 3.8) is 0 Å². The largest absolute Gasteiger partial charge is 0.492 e. The van der Waals surface area contributed by atoms with E-state index in [-0.39, 0.29) is 31.8 Å². The second-order valence-corrected chi connectivity index (χ2v) is 7.23. The maximum atomic E-state index is 12.2. The minimum atomic E-state index is -1.02. The SMILES string of the molecule is NCCN(CCN)C(=O)CCC(N)C(=O)NCC(=O)NCC1OB(O)c2ccccc21. The maximum absolute atomic E-state index is 12.2. The normalized spacial score (nSPS) is 15.9. The van der Waals surface area contributed by atoms with Crippen molar-refractivity contribution in [1.82, 2.24) is 15.5 Å². The molecular formula is C19H31BN6O5. The molecule has 0 aliphatic carbocycles. The zero-order chi connectivity index (χ0) is 22.8. The number of rotatable bonds is 12. The highest BCUT2D eigenvalue weighted by molar-refractivity contribution is 6.61. The van der Waals surface area contributed by atoms with Crippen molar-refractivity contribution >= 4 is 30.3 Å². The van der Waals surface area contributed by atoms with Gasteiger partial charge in [-0.05, 0) is 17.4 Å². The lowest BCUT2D eigenvalue weighted by molar-refractivity contribution is -0.131. The van der Waals surface area contributed by atoms with Gasteiger partial charge in [0.05, 0.1) is 18.7 Å². The van der Waals surface area contributed by atoms with Gasteiger partial charge in [-0.1, -0.05) is 24.3 Å². The van der Waals surface area contributed by atoms with Crippen molar-refractivity contribution in [2.45, 2.75) is 25.0 Å². The van der Waals surface area contributed by atoms with Gasteiger partial charge >= 0.3 is 7.12 Å². The van der Waals surface area contributed by atoms with Crippen LogP contribution >= 0.6 is 0 Å². The summed E-state index contributed by atoms with van der Waals surface area (Å²) < 4.78 is 5.44. The van der Waals surface area contributed by atoms with E-state index in [0.717, 1.165) is 5.56 Å². The number of fused-ring (bicyclic) bond motifs is 1. The van der Waals surface area contributed by atoms with E-state index in [4.69, 9.17) is 21.9 Å². The Morgan fingerprint density at radius 2 is 1.84 bits per heavy atom. The van der Waals surface area contributed by atoms with Gasteiger partial charge in [0.1, 0.15) is 0 Å². The number of benzene rings is 1. The summed E-state index contributed by atoms with van der Waals surface area (Å²) in [5, 5.41) is 15.0. The third-order valence-electron chi connectivity index (χ3n) is 4.97. The van der Waals surface area contributed by atoms with E-state index in [1.165, 1.54) is 4.90 Å². The molecule has 1 aromatic carbocycles. The summed E-state index contributed by atoms with van der Waals surface area (Å²) in [6.07, 6.45) is -0.242. The summed E-state index contributed by atoms with van der Waals surface area (Å²) >= 11 is 0. The van der Waals surface area contributed by atoms with Gasteiger partial charge in [0.2, 0.25) is 17.7 Å². The Kier molecular flexibility index (Phi) is 9.88. The van der Waals surface area contributed by atoms with E-state index in [9.17, 15) is 19.4 Å². The molecule has 1 heterocycles. The van der Waals surface area contributed by atoms with Crippen LogP contribution in [-0.4, -0.2) is 80.1 Å². The van der Waals surface area contributed by atoms with Crippen molar-refractivity contribution in [3.8, 4) is 0 Å². The second kappa shape index (κ2) is 12.4. The predicted octanol–water partition coefficient (Wildman–Crippen LogP) is -3.47. The van der Waals surface area contributed by atoms with Crippen molar-refractivity contribution in [1.29, 1.82) is 0 Å². The van der Waals surface area contributed by atoms with E-state index in [1.807, 2.05) is 12.1 Å². The third kappa shape index (κ3) is 7.30. The van der Waals surface area contributed by atoms with Crippen LogP contribution in [-0.2, 0) is 19.0 Å². The number of carbonyl (C=O) groups is 3. The van der Waals surface area contributed by atoms with E-state index in [0.29, 0.717) is 31.6 Å². The van der Waals surface area contributed by atoms with Crippen LogP contribution in [0, 0.1) is 0 Å². The Balaban J connectivity index is 1.69. The molecule has 31 heavy (non-hydrogen) atoms. The number of nitrogens with two attached hydrogens (primary N) is 3. The average molecular weight is 434 g/mol. The fourth-order valence-corrected chi connectivity index (χ4v) is 3.30. The minimum Gasteiger partial charge on any atom is -0.423 e. The second-order valence-electron chi connectivity index (χ2n) is 7.23. The van der Waals surface area contributed by atoms with Gasteiger partial charge in [-0.15, -0.1) is 0 Å². The molecule has 2 rings (SSSR count). The molecule has 3 amide bonds. The van der Waals surface area contributed by atoms with E-state index in [1.54, 1.807) is 12.1 Å². The molecule has 0 saturated heterocycles. The van der Waals surface area contributed by atoms with Gasteiger partial charge in [-0.25, -0.2) is 0 Å². The summed E-state index contributed by atoms with van der Waals surface area (Å²) in [6, 6.07) is 6.29. The molecule has 170 valence electrons. The van der Waals surface area contributed by atoms with E-state index in [2.05, 4.69) is 10.6 Å². The minimum absolute atomic E-state index is 0.0849. The van der Waals surface area contributed by atoms with Crippen LogP contribution in [0.4, 0.5) is 0 Å². The van der Waals surface area contributed by atoms with Gasteiger partial charge in [0.25, 0.3) is 0 Å². The Bertz CT molecular complexity index is 761. The van der Waals surface area contributed by atoms with Crippen LogP contribution in [0.3, 0.4) is 0 Å². The van der Waals surface area contributed by atoms with Gasteiger partial charge in [0, 0.05) is 39.1 Å². The highest BCUT2D eigenvalue weighted by Gasteiger charge is 2.34. The first-order valence-corrected chi connectivity index (χ1v) is 10.3. The Hall–Kier alpha value is -2.51. The molecule has 11 nitrogen and oxygen atoms in total. The molecule has 0 saturated carbocycles. The summed E-state index contributed by atoms with van der Waals surface area (Å²) in [4.78, 5) is 37.9. The molecule has 9 N–H and O–H groups in total. The molecule has 12 heteroatoms. The molecule has 1 aromatic rings. The van der Waals surface area contributed by atoms with Crippen molar-refractivity contribution in [2.24, 2.45) is 17.2 Å². The third-order valence-corrected chi connectivity index (χ3v) is 4.97. The van der Waals surface area contributed by atoms with Crippen LogP contribution in [0.2, 0.25) is 0 Å². The van der Waals surface area contributed by atoms with Crippen LogP contribution in [0.1, 0.15) is 24.5 Å². The number of carbonyl (C=O) groups excluding carboxylic acids is 3. The summed E-state index contributed by atoms with van der Waals surface area (Å²) in [5.41, 5.74) is 18.3. The molecule has 0 radical (unpaired) electrons. The van der Waals surface area contributed by atoms with E-state index < -0.39 is 31.1 Å². The number of hydrogen-bond donors (Lipinski definition) is 6. The molecule has 0 aromatic heterocycles. The lowest BCUT2D eigenvalue weighted by Gasteiger charge is -2.22. The molecule has 0 bridgehead atoms. The number of amides is 3. The van der Waals surface area contributed by atoms with Crippen LogP contribution in [0.5, 0.6) is 0 Å². The Labute approximate surface area is 181 Å². The van der Waals surface area contributed by atoms with Gasteiger partial charge < -0.3 is 42.4 Å². The first-order chi connectivity index (χ1) is 14.9. The lowest BCUT2D eigenvalue weighted by atomic mass is 9.79. The van der Waals surface area contributed by atoms with Crippen molar-refractivity contribution in [2.75, 3.05) is 39.3 Å². The molecule has 2 atom stereocenters. The van der Waals surface area contributed by atoms with Crippen molar-refractivity contribution in [3.05, 3.63) is 29.8 Å². The Morgan fingerprint density at radius 3 is 2.52 bits per heavy atom. The number of nitrogens with zero attached hydrogens (tertiary/aromatic N) is 1. The zero-order valence-corrected chi connectivity index (χ0v) is 17.5. The summed E-state index contributed by atoms with van der Waals surface area (Å²) in [5.74, 6) is -1.11. The monoisotopic (exact) mass is 434 g/mol. The number of nitrogens with one attached hydrogen (secondary N) is 2. The molecule has 1 aliphatic heterocycles. The fourth-order valence-electron chi connectivity index (χ4n) is 3.30. The first kappa shape index (κ1) is 24.8. The Morgan fingerprint density at radius 1 is 1.16 bits per heavy atom. The highest BCUT2D eigenvalue weighted by atomic mass is 16.5. The van der Waals surface area contributed by atoms with Gasteiger partial charge in [-0.2, -0.15) is 0 Å². The smallest absolute Gasteiger partial charge is 0.423 e. The number of hydrogen-bond acceptors (Lipinski definition) is 8. The predicted molar refractivity (Wildman–Crippen MR) is 116 cm³/mol. The van der Waals surface area contributed by atoms with Gasteiger partial charge in [-0.3, -0.25) is 14.4 Å². The quantitative estimate of drug-likeness (QED) is 0.183. The first-order valence-electron chi connectivity index (χ1n) is 10.3. The van der Waals surface area contributed by atoms with Crippen LogP contribution in [0.15, 0.2) is 24.3 Å². The molecular weight excluding hydrogens is 403 g/mol. The maximum Gasteiger partial charge on any atom is 0.492 e. The summed E-state index contributed by atoms with van der Waals surface area (Å²) in [6.45, 7) is 1.33. The molecule has 2 unspecified atom stereocenters. The molecule has 0 fully saturated rings. The van der Waals surface area contributed by atoms with Crippen LogP contribution in [0.25, 0.3) is 0 Å². The lowest BCUT2D eigenvalue weighted by Crippen LogP contribution is -2.46. The average Bonchev–Trinajstić information content (AvgIpc) is 3.09. The zero-order valence-electron chi connectivity index (χ0n) is 17.5. The van der Waals surface area contributed by atoms with Gasteiger partial charge in [0.15, 0.2) is 0 Å². The van der Waals surface area contributed by atoms with E-state index >= 15 is 0 Å². The van der Waals surface area contributed by atoms with Crippen molar-refractivity contribution < 1.29 is 24.1 Å². The highest BCUT2D eigenvalue weighted by Crippen LogP contribution is 2.22. The summed E-state index contributed by atoms with van der Waals surface area (Å²) in [7, 11) is -1.02. The topological polar surface area (TPSA) is 186 Å².